The predicted octanol–water partition coefficient (Wildman–Crippen LogP) is 2.99. The molecule has 1 aromatic carbocycles. The number of nitrogens with zero attached hydrogens (tertiary/aromatic N) is 1. The van der Waals surface area contributed by atoms with Crippen molar-refractivity contribution >= 4 is 35.2 Å². The van der Waals surface area contributed by atoms with Crippen molar-refractivity contribution in [3.05, 3.63) is 39.9 Å². The molecule has 1 atom stereocenters. The van der Waals surface area contributed by atoms with Crippen LogP contribution in [-0.2, 0) is 4.79 Å². The lowest BCUT2D eigenvalue weighted by Crippen LogP contribution is -2.36. The van der Waals surface area contributed by atoms with Gasteiger partial charge in [-0.25, -0.2) is 0 Å². The molecule has 0 aliphatic carbocycles. The number of amides is 1. The molecule has 3 nitrogen and oxygen atoms in total. The highest BCUT2D eigenvalue weighted by Gasteiger charge is 2.26. The molecule has 0 spiro atoms. The maximum absolute atomic E-state index is 12.0. The first-order valence-corrected chi connectivity index (χ1v) is 6.92. The zero-order chi connectivity index (χ0) is 13.8. The van der Waals surface area contributed by atoms with Gasteiger partial charge < -0.3 is 10.0 Å². The molecule has 0 radical (unpaired) electrons. The lowest BCUT2D eigenvalue weighted by molar-refractivity contribution is -0.127. The van der Waals surface area contributed by atoms with Crippen LogP contribution in [0.1, 0.15) is 18.4 Å². The van der Waals surface area contributed by atoms with Gasteiger partial charge in [-0.05, 0) is 36.6 Å². The molecule has 1 unspecified atom stereocenters. The minimum absolute atomic E-state index is 0.0152. The molecule has 0 bridgehead atoms. The van der Waals surface area contributed by atoms with Gasteiger partial charge in [0.15, 0.2) is 0 Å². The van der Waals surface area contributed by atoms with Crippen LogP contribution in [0.4, 0.5) is 0 Å². The number of rotatable bonds is 3. The van der Waals surface area contributed by atoms with Crippen molar-refractivity contribution in [2.75, 3.05) is 13.2 Å². The largest absolute Gasteiger partial charge is 0.394 e. The standard InChI is InChI=1S/C14H15Cl2NO2/c15-11-5-3-10(13(16)8-11)4-6-14(19)17-7-1-2-12(17)9-18/h3-6,8,12,18H,1-2,7,9H2/b6-4+. The van der Waals surface area contributed by atoms with Gasteiger partial charge in [-0.2, -0.15) is 0 Å². The van der Waals surface area contributed by atoms with Gasteiger partial charge in [-0.1, -0.05) is 29.3 Å². The van der Waals surface area contributed by atoms with E-state index in [1.54, 1.807) is 29.2 Å². The van der Waals surface area contributed by atoms with Crippen molar-refractivity contribution in [3.63, 3.8) is 0 Å². The van der Waals surface area contributed by atoms with E-state index in [0.29, 0.717) is 16.6 Å². The van der Waals surface area contributed by atoms with Crippen LogP contribution in [0.5, 0.6) is 0 Å². The highest BCUT2D eigenvalue weighted by Crippen LogP contribution is 2.22. The second-order valence-electron chi connectivity index (χ2n) is 4.51. The highest BCUT2D eigenvalue weighted by atomic mass is 35.5. The fourth-order valence-corrected chi connectivity index (χ4v) is 2.68. The van der Waals surface area contributed by atoms with Crippen LogP contribution in [0, 0.1) is 0 Å². The molecule has 1 saturated heterocycles. The van der Waals surface area contributed by atoms with E-state index in [4.69, 9.17) is 23.2 Å². The third-order valence-electron chi connectivity index (χ3n) is 3.24. The van der Waals surface area contributed by atoms with E-state index >= 15 is 0 Å². The summed E-state index contributed by atoms with van der Waals surface area (Å²) in [6.07, 6.45) is 4.96. The fraction of sp³-hybridized carbons (Fsp3) is 0.357. The monoisotopic (exact) mass is 299 g/mol. The topological polar surface area (TPSA) is 40.5 Å². The molecule has 0 saturated carbocycles. The van der Waals surface area contributed by atoms with E-state index in [9.17, 15) is 9.90 Å². The van der Waals surface area contributed by atoms with Crippen LogP contribution < -0.4 is 0 Å². The van der Waals surface area contributed by atoms with Crippen molar-refractivity contribution in [3.8, 4) is 0 Å². The Morgan fingerprint density at radius 3 is 2.95 bits per heavy atom. The molecular weight excluding hydrogens is 285 g/mol. The molecule has 2 rings (SSSR count). The SMILES string of the molecule is O=C(/C=C/c1ccc(Cl)cc1Cl)N1CCCC1CO. The summed E-state index contributed by atoms with van der Waals surface area (Å²) >= 11 is 11.8. The molecule has 1 amide bonds. The van der Waals surface area contributed by atoms with Crippen LogP contribution in [0.3, 0.4) is 0 Å². The molecule has 5 heteroatoms. The van der Waals surface area contributed by atoms with E-state index < -0.39 is 0 Å². The van der Waals surface area contributed by atoms with Crippen molar-refractivity contribution in [1.82, 2.24) is 4.90 Å². The third-order valence-corrected chi connectivity index (χ3v) is 3.80. The van der Waals surface area contributed by atoms with E-state index in [1.165, 1.54) is 6.08 Å². The van der Waals surface area contributed by atoms with Gasteiger partial charge in [0.25, 0.3) is 0 Å². The van der Waals surface area contributed by atoms with Gasteiger partial charge in [0.05, 0.1) is 12.6 Å². The second-order valence-corrected chi connectivity index (χ2v) is 5.35. The average molecular weight is 300 g/mol. The van der Waals surface area contributed by atoms with Gasteiger partial charge >= 0.3 is 0 Å². The summed E-state index contributed by atoms with van der Waals surface area (Å²) in [5.41, 5.74) is 0.749. The normalized spacial score (nSPS) is 19.3. The molecular formula is C14H15Cl2NO2. The summed E-state index contributed by atoms with van der Waals surface area (Å²) in [6, 6.07) is 5.07. The summed E-state index contributed by atoms with van der Waals surface area (Å²) in [5.74, 6) is -0.0948. The molecule has 1 aromatic rings. The van der Waals surface area contributed by atoms with Gasteiger partial charge in [0.1, 0.15) is 0 Å². The van der Waals surface area contributed by atoms with Crippen molar-refractivity contribution in [2.24, 2.45) is 0 Å². The lowest BCUT2D eigenvalue weighted by atomic mass is 10.2. The van der Waals surface area contributed by atoms with Crippen LogP contribution >= 0.6 is 23.2 Å². The molecule has 102 valence electrons. The first-order chi connectivity index (χ1) is 9.11. The van der Waals surface area contributed by atoms with Crippen molar-refractivity contribution in [1.29, 1.82) is 0 Å². The van der Waals surface area contributed by atoms with E-state index in [1.807, 2.05) is 0 Å². The molecule has 1 heterocycles. The summed E-state index contributed by atoms with van der Waals surface area (Å²) in [6.45, 7) is 0.712. The number of carbonyl (C=O) groups is 1. The van der Waals surface area contributed by atoms with E-state index in [0.717, 1.165) is 18.4 Å². The molecule has 0 aromatic heterocycles. The smallest absolute Gasteiger partial charge is 0.246 e. The minimum atomic E-state index is -0.0948. The number of benzene rings is 1. The van der Waals surface area contributed by atoms with Crippen molar-refractivity contribution < 1.29 is 9.90 Å². The number of likely N-dealkylation sites (tertiary alicyclic amines) is 1. The maximum Gasteiger partial charge on any atom is 0.246 e. The third kappa shape index (κ3) is 3.50. The Balaban J connectivity index is 2.07. The minimum Gasteiger partial charge on any atom is -0.394 e. The van der Waals surface area contributed by atoms with Gasteiger partial charge in [0, 0.05) is 22.7 Å². The molecule has 19 heavy (non-hydrogen) atoms. The van der Waals surface area contributed by atoms with Gasteiger partial charge in [-0.3, -0.25) is 4.79 Å². The zero-order valence-corrected chi connectivity index (χ0v) is 11.9. The lowest BCUT2D eigenvalue weighted by Gasteiger charge is -2.21. The Morgan fingerprint density at radius 1 is 1.47 bits per heavy atom. The van der Waals surface area contributed by atoms with Crippen LogP contribution in [-0.4, -0.2) is 35.1 Å². The predicted molar refractivity (Wildman–Crippen MR) is 77.3 cm³/mol. The van der Waals surface area contributed by atoms with Gasteiger partial charge in [-0.15, -0.1) is 0 Å². The number of aliphatic hydroxyl groups is 1. The van der Waals surface area contributed by atoms with E-state index in [2.05, 4.69) is 0 Å². The first-order valence-electron chi connectivity index (χ1n) is 6.16. The average Bonchev–Trinajstić information content (AvgIpc) is 2.85. The fourth-order valence-electron chi connectivity index (χ4n) is 2.21. The summed E-state index contributed by atoms with van der Waals surface area (Å²) in [4.78, 5) is 13.7. The number of aliphatic hydroxyl groups excluding tert-OH is 1. The molecule has 1 fully saturated rings. The summed E-state index contributed by atoms with van der Waals surface area (Å²) < 4.78 is 0. The summed E-state index contributed by atoms with van der Waals surface area (Å²) in [5, 5.41) is 10.3. The Hall–Kier alpha value is -1.03. The number of hydrogen-bond donors (Lipinski definition) is 1. The zero-order valence-electron chi connectivity index (χ0n) is 10.4. The number of hydrogen-bond acceptors (Lipinski definition) is 2. The van der Waals surface area contributed by atoms with Crippen LogP contribution in [0.15, 0.2) is 24.3 Å². The molecule has 1 N–H and O–H groups in total. The van der Waals surface area contributed by atoms with E-state index in [-0.39, 0.29) is 18.6 Å². The highest BCUT2D eigenvalue weighted by molar-refractivity contribution is 6.35. The first kappa shape index (κ1) is 14.4. The Bertz CT molecular complexity index is 502. The Labute approximate surface area is 122 Å². The molecule has 1 aliphatic heterocycles. The van der Waals surface area contributed by atoms with Crippen molar-refractivity contribution in [2.45, 2.75) is 18.9 Å². The van der Waals surface area contributed by atoms with Gasteiger partial charge in [0.2, 0.25) is 5.91 Å². The van der Waals surface area contributed by atoms with Crippen LogP contribution in [0.25, 0.3) is 6.08 Å². The van der Waals surface area contributed by atoms with Crippen LogP contribution in [0.2, 0.25) is 10.0 Å². The molecule has 1 aliphatic rings. The Morgan fingerprint density at radius 2 is 2.26 bits per heavy atom. The Kier molecular flexibility index (Phi) is 4.86. The number of carbonyl (C=O) groups excluding carboxylic acids is 1. The quantitative estimate of drug-likeness (QED) is 0.872. The number of halogens is 2. The second kappa shape index (κ2) is 6.42. The summed E-state index contributed by atoms with van der Waals surface area (Å²) in [7, 11) is 0. The maximum atomic E-state index is 12.0.